The van der Waals surface area contributed by atoms with Crippen molar-refractivity contribution in [1.29, 1.82) is 0 Å². The van der Waals surface area contributed by atoms with Crippen molar-refractivity contribution < 1.29 is 9.47 Å². The van der Waals surface area contributed by atoms with Crippen molar-refractivity contribution in [2.75, 3.05) is 13.2 Å². The van der Waals surface area contributed by atoms with Gasteiger partial charge in [0.1, 0.15) is 11.5 Å². The minimum absolute atomic E-state index is 0.739. The SMILES string of the molecule is CCCCCC1CCC(COc2ccc(OCCCC)c(C)c2)CC1. The van der Waals surface area contributed by atoms with Crippen molar-refractivity contribution in [2.24, 2.45) is 11.8 Å². The van der Waals surface area contributed by atoms with Crippen LogP contribution in [0.5, 0.6) is 11.5 Å². The number of aryl methyl sites for hydroxylation is 1. The number of benzene rings is 1. The molecule has 1 fully saturated rings. The Morgan fingerprint density at radius 1 is 0.880 bits per heavy atom. The molecule has 1 aliphatic carbocycles. The van der Waals surface area contributed by atoms with E-state index in [9.17, 15) is 0 Å². The van der Waals surface area contributed by atoms with Crippen molar-refractivity contribution >= 4 is 0 Å². The van der Waals surface area contributed by atoms with Crippen LogP contribution < -0.4 is 9.47 Å². The third-order valence-electron chi connectivity index (χ3n) is 5.57. The summed E-state index contributed by atoms with van der Waals surface area (Å²) in [6.07, 6.45) is 13.4. The van der Waals surface area contributed by atoms with Crippen LogP contribution in [0.2, 0.25) is 0 Å². The van der Waals surface area contributed by atoms with E-state index < -0.39 is 0 Å². The Morgan fingerprint density at radius 3 is 2.28 bits per heavy atom. The summed E-state index contributed by atoms with van der Waals surface area (Å²) < 4.78 is 11.9. The Bertz CT molecular complexity index is 475. The summed E-state index contributed by atoms with van der Waals surface area (Å²) in [5.41, 5.74) is 1.17. The monoisotopic (exact) mass is 346 g/mol. The molecule has 0 bridgehead atoms. The van der Waals surface area contributed by atoms with E-state index in [4.69, 9.17) is 9.47 Å². The van der Waals surface area contributed by atoms with Gasteiger partial charge in [-0.3, -0.25) is 0 Å². The van der Waals surface area contributed by atoms with Gasteiger partial charge in [0.05, 0.1) is 13.2 Å². The first-order chi connectivity index (χ1) is 12.2. The van der Waals surface area contributed by atoms with Gasteiger partial charge < -0.3 is 9.47 Å². The lowest BCUT2D eigenvalue weighted by Gasteiger charge is -2.28. The highest BCUT2D eigenvalue weighted by molar-refractivity contribution is 5.39. The zero-order valence-corrected chi connectivity index (χ0v) is 16.7. The fourth-order valence-corrected chi connectivity index (χ4v) is 3.78. The van der Waals surface area contributed by atoms with Crippen LogP contribution in [0.25, 0.3) is 0 Å². The second-order valence-corrected chi connectivity index (χ2v) is 7.82. The molecule has 0 amide bonds. The lowest BCUT2D eigenvalue weighted by Crippen LogP contribution is -2.20. The number of ether oxygens (including phenoxy) is 2. The van der Waals surface area contributed by atoms with Gasteiger partial charge in [0.25, 0.3) is 0 Å². The van der Waals surface area contributed by atoms with E-state index in [0.29, 0.717) is 0 Å². The van der Waals surface area contributed by atoms with E-state index in [1.165, 1.54) is 63.4 Å². The summed E-state index contributed by atoms with van der Waals surface area (Å²) in [5, 5.41) is 0. The lowest BCUT2D eigenvalue weighted by molar-refractivity contribution is 0.177. The van der Waals surface area contributed by atoms with E-state index in [0.717, 1.165) is 43.0 Å². The van der Waals surface area contributed by atoms with E-state index >= 15 is 0 Å². The highest BCUT2D eigenvalue weighted by Gasteiger charge is 2.21. The molecule has 25 heavy (non-hydrogen) atoms. The molecule has 142 valence electrons. The molecule has 0 spiro atoms. The fraction of sp³-hybridized carbons (Fsp3) is 0.739. The molecule has 2 heteroatoms. The highest BCUT2D eigenvalue weighted by Crippen LogP contribution is 2.33. The number of unbranched alkanes of at least 4 members (excludes halogenated alkanes) is 3. The molecule has 0 N–H and O–H groups in total. The van der Waals surface area contributed by atoms with Crippen LogP contribution in [-0.4, -0.2) is 13.2 Å². The van der Waals surface area contributed by atoms with E-state index in [1.807, 2.05) is 0 Å². The second-order valence-electron chi connectivity index (χ2n) is 7.82. The topological polar surface area (TPSA) is 18.5 Å². The van der Waals surface area contributed by atoms with E-state index in [1.54, 1.807) is 0 Å². The zero-order chi connectivity index (χ0) is 17.9. The van der Waals surface area contributed by atoms with Gasteiger partial charge in [-0.15, -0.1) is 0 Å². The molecule has 0 heterocycles. The Morgan fingerprint density at radius 2 is 1.60 bits per heavy atom. The summed E-state index contributed by atoms with van der Waals surface area (Å²) in [6, 6.07) is 6.24. The summed E-state index contributed by atoms with van der Waals surface area (Å²) in [7, 11) is 0. The molecule has 0 aromatic heterocycles. The normalized spacial score (nSPS) is 20.4. The quantitative estimate of drug-likeness (QED) is 0.404. The summed E-state index contributed by atoms with van der Waals surface area (Å²) in [4.78, 5) is 0. The molecular formula is C23H38O2. The first-order valence-electron chi connectivity index (χ1n) is 10.6. The standard InChI is InChI=1S/C23H38O2/c1-4-6-8-9-20-10-12-21(13-11-20)18-25-22-14-15-23(19(3)17-22)24-16-7-5-2/h14-15,17,20-21H,4-13,16,18H2,1-3H3. The fourth-order valence-electron chi connectivity index (χ4n) is 3.78. The average molecular weight is 347 g/mol. The maximum atomic E-state index is 6.09. The molecule has 0 unspecified atom stereocenters. The van der Waals surface area contributed by atoms with Crippen LogP contribution in [0.15, 0.2) is 18.2 Å². The maximum Gasteiger partial charge on any atom is 0.122 e. The van der Waals surface area contributed by atoms with Crippen LogP contribution in [0.3, 0.4) is 0 Å². The summed E-state index contributed by atoms with van der Waals surface area (Å²) >= 11 is 0. The number of rotatable bonds is 11. The number of hydrogen-bond acceptors (Lipinski definition) is 2. The van der Waals surface area contributed by atoms with Crippen LogP contribution in [0.4, 0.5) is 0 Å². The Labute approximate surface area is 155 Å². The summed E-state index contributed by atoms with van der Waals surface area (Å²) in [5.74, 6) is 3.70. The molecule has 0 saturated heterocycles. The Hall–Kier alpha value is -1.18. The third kappa shape index (κ3) is 7.30. The van der Waals surface area contributed by atoms with Gasteiger partial charge in [0.2, 0.25) is 0 Å². The molecule has 0 atom stereocenters. The molecule has 0 aliphatic heterocycles. The summed E-state index contributed by atoms with van der Waals surface area (Å²) in [6.45, 7) is 8.26. The van der Waals surface area contributed by atoms with Crippen molar-refractivity contribution in [3.8, 4) is 11.5 Å². The molecule has 2 nitrogen and oxygen atoms in total. The van der Waals surface area contributed by atoms with E-state index in [2.05, 4.69) is 39.0 Å². The first-order valence-corrected chi connectivity index (χ1v) is 10.6. The van der Waals surface area contributed by atoms with Crippen LogP contribution in [-0.2, 0) is 0 Å². The van der Waals surface area contributed by atoms with Crippen LogP contribution in [0.1, 0.15) is 83.6 Å². The Kier molecular flexibility index (Phi) is 9.21. The molecule has 1 aliphatic rings. The zero-order valence-electron chi connectivity index (χ0n) is 16.7. The molecule has 1 aromatic carbocycles. The lowest BCUT2D eigenvalue weighted by atomic mass is 9.80. The van der Waals surface area contributed by atoms with Crippen molar-refractivity contribution in [1.82, 2.24) is 0 Å². The minimum atomic E-state index is 0.739. The van der Waals surface area contributed by atoms with Crippen LogP contribution in [0, 0.1) is 18.8 Å². The number of hydrogen-bond donors (Lipinski definition) is 0. The Balaban J connectivity index is 1.68. The smallest absolute Gasteiger partial charge is 0.122 e. The molecule has 2 rings (SSSR count). The molecule has 1 saturated carbocycles. The van der Waals surface area contributed by atoms with Crippen molar-refractivity contribution in [2.45, 2.75) is 85.0 Å². The van der Waals surface area contributed by atoms with Gasteiger partial charge in [-0.05, 0) is 61.8 Å². The van der Waals surface area contributed by atoms with Crippen LogP contribution >= 0.6 is 0 Å². The van der Waals surface area contributed by atoms with Crippen molar-refractivity contribution in [3.63, 3.8) is 0 Å². The van der Waals surface area contributed by atoms with Gasteiger partial charge >= 0.3 is 0 Å². The van der Waals surface area contributed by atoms with E-state index in [-0.39, 0.29) is 0 Å². The maximum absolute atomic E-state index is 6.09. The first kappa shape index (κ1) is 20.1. The van der Waals surface area contributed by atoms with Gasteiger partial charge in [0.15, 0.2) is 0 Å². The third-order valence-corrected chi connectivity index (χ3v) is 5.57. The predicted molar refractivity (Wildman–Crippen MR) is 107 cm³/mol. The highest BCUT2D eigenvalue weighted by atomic mass is 16.5. The van der Waals surface area contributed by atoms with Gasteiger partial charge in [0, 0.05) is 0 Å². The predicted octanol–water partition coefficient (Wildman–Crippen LogP) is 6.94. The molecule has 1 aromatic rings. The average Bonchev–Trinajstić information content (AvgIpc) is 2.63. The second kappa shape index (κ2) is 11.4. The molecule has 0 radical (unpaired) electrons. The van der Waals surface area contributed by atoms with Crippen molar-refractivity contribution in [3.05, 3.63) is 23.8 Å². The van der Waals surface area contributed by atoms with Gasteiger partial charge in [-0.1, -0.05) is 58.8 Å². The minimum Gasteiger partial charge on any atom is -0.493 e. The largest absolute Gasteiger partial charge is 0.493 e. The van der Waals surface area contributed by atoms with Gasteiger partial charge in [-0.25, -0.2) is 0 Å². The molecular weight excluding hydrogens is 308 g/mol. The van der Waals surface area contributed by atoms with Gasteiger partial charge in [-0.2, -0.15) is 0 Å².